The summed E-state index contributed by atoms with van der Waals surface area (Å²) in [6.07, 6.45) is 4.91. The van der Waals surface area contributed by atoms with Crippen molar-refractivity contribution < 1.29 is 28.6 Å². The number of benzene rings is 1. The van der Waals surface area contributed by atoms with Crippen LogP contribution in [0.25, 0.3) is 22.6 Å². The number of amides is 1. The van der Waals surface area contributed by atoms with Crippen LogP contribution in [0.15, 0.2) is 61.1 Å². The quantitative estimate of drug-likeness (QED) is 0.271. The first kappa shape index (κ1) is 29.2. The molecule has 0 saturated carbocycles. The largest absolute Gasteiger partial charge is 0.481 e. The highest BCUT2D eigenvalue weighted by molar-refractivity contribution is 5.77. The summed E-state index contributed by atoms with van der Waals surface area (Å²) in [6.45, 7) is 2.00. The van der Waals surface area contributed by atoms with E-state index in [1.807, 2.05) is 12.1 Å². The Kier molecular flexibility index (Phi) is 9.32. The molecule has 13 heteroatoms. The summed E-state index contributed by atoms with van der Waals surface area (Å²) in [7, 11) is 3.38. The second kappa shape index (κ2) is 13.1. The minimum atomic E-state index is -1.15. The molecule has 0 radical (unpaired) electrons. The maximum atomic E-state index is 13.6. The van der Waals surface area contributed by atoms with Crippen molar-refractivity contribution in [1.29, 1.82) is 0 Å². The number of aromatic amines is 1. The molecule has 1 aromatic carbocycles. The Hall–Kier alpha value is -4.75. The van der Waals surface area contributed by atoms with Crippen LogP contribution in [0, 0.1) is 11.2 Å². The van der Waals surface area contributed by atoms with Crippen LogP contribution in [-0.2, 0) is 25.6 Å². The number of anilines is 1. The molecule has 3 N–H and O–H groups in total. The summed E-state index contributed by atoms with van der Waals surface area (Å²) in [6, 6.07) is 11.4. The van der Waals surface area contributed by atoms with E-state index in [0.717, 1.165) is 12.0 Å². The number of hydrogen-bond acceptors (Lipinski definition) is 9. The standard InChI is InChI=1S/C25H23FN6O4.C3H7NO/c1-25(23(33)34)13-35-22(36-14-25)21-31-19(16-2-4-17(26)5-3-16)20(32-21)18-8-11-28-24(30-18)29-12-15-6-9-27-10-7-15;1-4(2)3-5/h2-11,22H,12-14H2,1H3,(H,31,32)(H,33,34)(H,28,29,30);3H,1-2H3. The van der Waals surface area contributed by atoms with Crippen molar-refractivity contribution in [2.75, 3.05) is 32.6 Å². The molecule has 1 amide bonds. The first-order valence-electron chi connectivity index (χ1n) is 12.6. The zero-order valence-electron chi connectivity index (χ0n) is 22.7. The first-order valence-corrected chi connectivity index (χ1v) is 12.6. The average Bonchev–Trinajstić information content (AvgIpc) is 3.43. The summed E-state index contributed by atoms with van der Waals surface area (Å²) < 4.78 is 25.0. The predicted octanol–water partition coefficient (Wildman–Crippen LogP) is 3.52. The number of carbonyl (C=O) groups is 2. The molecule has 41 heavy (non-hydrogen) atoms. The smallest absolute Gasteiger partial charge is 0.314 e. The molecule has 12 nitrogen and oxygen atoms in total. The number of hydrogen-bond donors (Lipinski definition) is 3. The Balaban J connectivity index is 0.000000714. The Labute approximate surface area is 235 Å². The highest BCUT2D eigenvalue weighted by Gasteiger charge is 2.41. The zero-order valence-corrected chi connectivity index (χ0v) is 22.7. The topological polar surface area (TPSA) is 155 Å². The van der Waals surface area contributed by atoms with Gasteiger partial charge in [0.2, 0.25) is 18.6 Å². The van der Waals surface area contributed by atoms with Gasteiger partial charge in [-0.2, -0.15) is 0 Å². The lowest BCUT2D eigenvalue weighted by molar-refractivity contribution is -0.236. The number of carboxylic acids is 1. The lowest BCUT2D eigenvalue weighted by atomic mass is 9.92. The molecule has 1 aliphatic rings. The number of ether oxygens (including phenoxy) is 2. The van der Waals surface area contributed by atoms with Gasteiger partial charge in [0, 0.05) is 44.8 Å². The summed E-state index contributed by atoms with van der Waals surface area (Å²) in [4.78, 5) is 43.2. The fraction of sp³-hybridized carbons (Fsp3) is 0.286. The molecule has 0 unspecified atom stereocenters. The van der Waals surface area contributed by atoms with Crippen molar-refractivity contribution in [3.63, 3.8) is 0 Å². The molecule has 0 atom stereocenters. The maximum absolute atomic E-state index is 13.6. The predicted molar refractivity (Wildman–Crippen MR) is 147 cm³/mol. The fourth-order valence-electron chi connectivity index (χ4n) is 3.66. The van der Waals surface area contributed by atoms with Crippen LogP contribution in [-0.4, -0.2) is 74.6 Å². The molecule has 214 valence electrons. The van der Waals surface area contributed by atoms with Crippen LogP contribution in [0.2, 0.25) is 0 Å². The summed E-state index contributed by atoms with van der Waals surface area (Å²) in [5, 5.41) is 12.6. The number of pyridine rings is 1. The molecule has 1 fully saturated rings. The highest BCUT2D eigenvalue weighted by Crippen LogP contribution is 2.35. The molecular formula is C28H30FN7O5. The van der Waals surface area contributed by atoms with Gasteiger partial charge >= 0.3 is 5.97 Å². The SMILES string of the molecule is CC1(C(=O)O)COC(c2nc(-c3ccc(F)cc3)c(-c3ccnc(NCc4ccncc4)n3)[nH]2)OC1.CN(C)C=O. The van der Waals surface area contributed by atoms with E-state index in [1.165, 1.54) is 17.0 Å². The summed E-state index contributed by atoms with van der Waals surface area (Å²) in [5.74, 6) is -0.608. The molecule has 3 aromatic heterocycles. The average molecular weight is 564 g/mol. The number of nitrogens with one attached hydrogen (secondary N) is 2. The number of halogens is 1. The number of aromatic nitrogens is 5. The molecule has 5 rings (SSSR count). The van der Waals surface area contributed by atoms with Crippen LogP contribution < -0.4 is 5.32 Å². The van der Waals surface area contributed by atoms with Gasteiger partial charge in [-0.05, 0) is 55.0 Å². The summed E-state index contributed by atoms with van der Waals surface area (Å²) >= 11 is 0. The third kappa shape index (κ3) is 7.47. The van der Waals surface area contributed by atoms with E-state index >= 15 is 0 Å². The first-order chi connectivity index (χ1) is 19.7. The van der Waals surface area contributed by atoms with Crippen LogP contribution in [0.4, 0.5) is 10.3 Å². The maximum Gasteiger partial charge on any atom is 0.314 e. The van der Waals surface area contributed by atoms with Gasteiger partial charge in [0.05, 0.1) is 30.3 Å². The van der Waals surface area contributed by atoms with E-state index in [4.69, 9.17) is 9.47 Å². The van der Waals surface area contributed by atoms with E-state index in [1.54, 1.807) is 57.8 Å². The minimum Gasteiger partial charge on any atom is -0.481 e. The van der Waals surface area contributed by atoms with E-state index in [2.05, 4.69) is 30.2 Å². The molecule has 1 saturated heterocycles. The van der Waals surface area contributed by atoms with Crippen molar-refractivity contribution in [2.24, 2.45) is 5.41 Å². The van der Waals surface area contributed by atoms with Crippen LogP contribution in [0.1, 0.15) is 24.6 Å². The van der Waals surface area contributed by atoms with Crippen LogP contribution >= 0.6 is 0 Å². The third-order valence-corrected chi connectivity index (χ3v) is 6.01. The molecule has 1 aliphatic heterocycles. The van der Waals surface area contributed by atoms with E-state index < -0.39 is 17.7 Å². The number of imidazole rings is 1. The number of nitrogens with zero attached hydrogens (tertiary/aromatic N) is 5. The Morgan fingerprint density at radius 2 is 1.78 bits per heavy atom. The van der Waals surface area contributed by atoms with Crippen molar-refractivity contribution in [3.8, 4) is 22.6 Å². The third-order valence-electron chi connectivity index (χ3n) is 6.01. The second-order valence-corrected chi connectivity index (χ2v) is 9.72. The van der Waals surface area contributed by atoms with Gasteiger partial charge in [0.1, 0.15) is 11.2 Å². The molecule has 0 spiro atoms. The molecule has 0 aliphatic carbocycles. The molecular weight excluding hydrogens is 533 g/mol. The lowest BCUT2D eigenvalue weighted by Gasteiger charge is -2.33. The van der Waals surface area contributed by atoms with Gasteiger partial charge < -0.3 is 29.8 Å². The zero-order chi connectivity index (χ0) is 29.4. The van der Waals surface area contributed by atoms with E-state index in [-0.39, 0.29) is 19.0 Å². The summed E-state index contributed by atoms with van der Waals surface area (Å²) in [5.41, 5.74) is 2.16. The van der Waals surface area contributed by atoms with E-state index in [9.17, 15) is 19.1 Å². The van der Waals surface area contributed by atoms with Crippen LogP contribution in [0.3, 0.4) is 0 Å². The van der Waals surface area contributed by atoms with Crippen molar-refractivity contribution >= 4 is 18.3 Å². The van der Waals surface area contributed by atoms with Crippen molar-refractivity contribution in [1.82, 2.24) is 29.8 Å². The van der Waals surface area contributed by atoms with Gasteiger partial charge in [-0.3, -0.25) is 14.6 Å². The molecule has 4 heterocycles. The number of aliphatic carboxylic acids is 1. The Morgan fingerprint density at radius 1 is 1.12 bits per heavy atom. The van der Waals surface area contributed by atoms with Gasteiger partial charge in [-0.1, -0.05) is 0 Å². The van der Waals surface area contributed by atoms with Crippen molar-refractivity contribution in [3.05, 3.63) is 78.3 Å². The van der Waals surface area contributed by atoms with Gasteiger partial charge in [0.15, 0.2) is 5.82 Å². The molecule has 0 bridgehead atoms. The van der Waals surface area contributed by atoms with Gasteiger partial charge in [-0.25, -0.2) is 19.3 Å². The molecule has 4 aromatic rings. The van der Waals surface area contributed by atoms with Gasteiger partial charge in [0.25, 0.3) is 0 Å². The number of carboxylic acid groups (broad SMARTS) is 1. The van der Waals surface area contributed by atoms with E-state index in [0.29, 0.717) is 41.0 Å². The highest BCUT2D eigenvalue weighted by atomic mass is 19.1. The Bertz CT molecular complexity index is 1460. The second-order valence-electron chi connectivity index (χ2n) is 9.72. The fourth-order valence-corrected chi connectivity index (χ4v) is 3.66. The lowest BCUT2D eigenvalue weighted by Crippen LogP contribution is -2.42. The number of carbonyl (C=O) groups excluding carboxylic acids is 1. The number of H-pyrrole nitrogens is 1. The minimum absolute atomic E-state index is 0.0362. The van der Waals surface area contributed by atoms with Crippen LogP contribution in [0.5, 0.6) is 0 Å². The van der Waals surface area contributed by atoms with Gasteiger partial charge in [-0.15, -0.1) is 0 Å². The monoisotopic (exact) mass is 563 g/mol. The number of rotatable bonds is 8. The Morgan fingerprint density at radius 3 is 2.39 bits per heavy atom. The van der Waals surface area contributed by atoms with Crippen molar-refractivity contribution in [2.45, 2.75) is 19.8 Å². The normalized spacial score (nSPS) is 18.1.